The molecule has 130 valence electrons. The average molecular weight is 365 g/mol. The summed E-state index contributed by atoms with van der Waals surface area (Å²) in [6.45, 7) is 2.59. The number of benzene rings is 3. The van der Waals surface area contributed by atoms with Gasteiger partial charge in [-0.3, -0.25) is 15.5 Å². The van der Waals surface area contributed by atoms with Crippen molar-refractivity contribution in [1.29, 1.82) is 0 Å². The second-order valence-electron chi connectivity index (χ2n) is 5.66. The van der Waals surface area contributed by atoms with Crippen molar-refractivity contribution >= 4 is 39.0 Å². The first kappa shape index (κ1) is 16.4. The molecule has 3 aromatic rings. The van der Waals surface area contributed by atoms with Gasteiger partial charge in [-0.25, -0.2) is 0 Å². The van der Waals surface area contributed by atoms with Crippen LogP contribution in [0.1, 0.15) is 12.5 Å². The van der Waals surface area contributed by atoms with Gasteiger partial charge in [0.25, 0.3) is 5.69 Å². The van der Waals surface area contributed by atoms with E-state index in [0.717, 1.165) is 32.0 Å². The highest BCUT2D eigenvalue weighted by atomic mass is 32.2. The Kier molecular flexibility index (Phi) is 4.22. The van der Waals surface area contributed by atoms with Gasteiger partial charge in [0.2, 0.25) is 0 Å². The maximum atomic E-state index is 10.7. The molecule has 0 saturated heterocycles. The first-order chi connectivity index (χ1) is 12.7. The van der Waals surface area contributed by atoms with E-state index in [1.165, 1.54) is 12.1 Å². The Morgan fingerprint density at radius 1 is 1.15 bits per heavy atom. The number of ether oxygens (including phenoxy) is 1. The Morgan fingerprint density at radius 3 is 2.69 bits per heavy atom. The molecule has 1 N–H and O–H groups in total. The molecular formula is C19H15N3O3S. The molecule has 0 radical (unpaired) electrons. The van der Waals surface area contributed by atoms with Gasteiger partial charge < -0.3 is 4.74 Å². The van der Waals surface area contributed by atoms with Crippen LogP contribution in [-0.2, 0) is 0 Å². The highest BCUT2D eigenvalue weighted by Gasteiger charge is 2.23. The van der Waals surface area contributed by atoms with Crippen molar-refractivity contribution in [2.24, 2.45) is 5.10 Å². The van der Waals surface area contributed by atoms with Crippen LogP contribution in [-0.4, -0.2) is 16.6 Å². The smallest absolute Gasteiger partial charge is 0.269 e. The number of anilines is 1. The number of nitro groups is 1. The molecular weight excluding hydrogens is 350 g/mol. The number of rotatable bonds is 5. The summed E-state index contributed by atoms with van der Waals surface area (Å²) in [7, 11) is 0. The minimum absolute atomic E-state index is 0.0547. The molecule has 0 aliphatic carbocycles. The van der Waals surface area contributed by atoms with Gasteiger partial charge in [-0.05, 0) is 37.3 Å². The Bertz CT molecular complexity index is 1030. The predicted octanol–water partition coefficient (Wildman–Crippen LogP) is 5.03. The van der Waals surface area contributed by atoms with Crippen molar-refractivity contribution in [3.05, 3.63) is 70.3 Å². The van der Waals surface area contributed by atoms with Crippen molar-refractivity contribution in [2.45, 2.75) is 11.8 Å². The zero-order chi connectivity index (χ0) is 18.1. The topological polar surface area (TPSA) is 76.8 Å². The van der Waals surface area contributed by atoms with E-state index in [-0.39, 0.29) is 5.69 Å². The van der Waals surface area contributed by atoms with Crippen LogP contribution in [0.3, 0.4) is 0 Å². The zero-order valence-corrected chi connectivity index (χ0v) is 14.7. The number of hydrogen-bond donors (Lipinski definition) is 1. The molecule has 7 heteroatoms. The van der Waals surface area contributed by atoms with Crippen LogP contribution in [0.15, 0.2) is 64.6 Å². The van der Waals surface area contributed by atoms with Gasteiger partial charge in [-0.15, -0.1) is 0 Å². The maximum absolute atomic E-state index is 10.7. The molecule has 4 rings (SSSR count). The Morgan fingerprint density at radius 2 is 1.96 bits per heavy atom. The van der Waals surface area contributed by atoms with Crippen LogP contribution < -0.4 is 10.2 Å². The lowest BCUT2D eigenvalue weighted by Gasteiger charge is -2.08. The van der Waals surface area contributed by atoms with E-state index in [2.05, 4.69) is 22.7 Å². The van der Waals surface area contributed by atoms with E-state index in [1.807, 2.05) is 25.1 Å². The number of nitrogens with one attached hydrogen (secondary N) is 1. The first-order valence-corrected chi connectivity index (χ1v) is 8.94. The Labute approximate surface area is 154 Å². The largest absolute Gasteiger partial charge is 0.493 e. The highest BCUT2D eigenvalue weighted by Crippen LogP contribution is 2.43. The number of nitro benzene ring substituents is 1. The van der Waals surface area contributed by atoms with E-state index in [0.29, 0.717) is 12.3 Å². The quantitative estimate of drug-likeness (QED) is 0.507. The minimum atomic E-state index is -0.421. The number of thioether (sulfide) groups is 1. The molecule has 0 aromatic heterocycles. The summed E-state index contributed by atoms with van der Waals surface area (Å²) in [5.41, 5.74) is 4.79. The van der Waals surface area contributed by atoms with Crippen molar-refractivity contribution in [3.8, 4) is 5.75 Å². The Balaban J connectivity index is 1.66. The minimum Gasteiger partial charge on any atom is -0.493 e. The van der Waals surface area contributed by atoms with Crippen LogP contribution in [0.5, 0.6) is 5.75 Å². The molecule has 0 atom stereocenters. The summed E-state index contributed by atoms with van der Waals surface area (Å²) in [5, 5.41) is 18.3. The van der Waals surface area contributed by atoms with Crippen molar-refractivity contribution < 1.29 is 9.66 Å². The molecule has 1 heterocycles. The van der Waals surface area contributed by atoms with E-state index < -0.39 is 4.92 Å². The summed E-state index contributed by atoms with van der Waals surface area (Å²) in [4.78, 5) is 11.5. The second kappa shape index (κ2) is 6.68. The summed E-state index contributed by atoms with van der Waals surface area (Å²) in [5.74, 6) is 0.873. The monoisotopic (exact) mass is 365 g/mol. The van der Waals surface area contributed by atoms with Gasteiger partial charge in [0.15, 0.2) is 0 Å². The normalized spacial score (nSPS) is 14.0. The van der Waals surface area contributed by atoms with Crippen LogP contribution in [0.4, 0.5) is 11.4 Å². The van der Waals surface area contributed by atoms with E-state index in [1.54, 1.807) is 23.9 Å². The predicted molar refractivity (Wildman–Crippen MR) is 104 cm³/mol. The van der Waals surface area contributed by atoms with E-state index in [9.17, 15) is 10.1 Å². The van der Waals surface area contributed by atoms with E-state index in [4.69, 9.17) is 4.74 Å². The third-order valence-corrected chi connectivity index (χ3v) is 5.13. The molecule has 1 aliphatic rings. The van der Waals surface area contributed by atoms with Gasteiger partial charge in [-0.2, -0.15) is 5.10 Å². The molecule has 0 saturated carbocycles. The third kappa shape index (κ3) is 2.86. The second-order valence-corrected chi connectivity index (χ2v) is 6.69. The lowest BCUT2D eigenvalue weighted by atomic mass is 10.0. The van der Waals surface area contributed by atoms with Crippen molar-refractivity contribution in [2.75, 3.05) is 12.0 Å². The van der Waals surface area contributed by atoms with Crippen LogP contribution in [0, 0.1) is 10.1 Å². The van der Waals surface area contributed by atoms with E-state index >= 15 is 0 Å². The molecule has 1 aliphatic heterocycles. The van der Waals surface area contributed by atoms with Crippen molar-refractivity contribution in [3.63, 3.8) is 0 Å². The molecule has 0 fully saturated rings. The molecule has 26 heavy (non-hydrogen) atoms. The molecule has 0 spiro atoms. The Hall–Kier alpha value is -3.06. The lowest BCUT2D eigenvalue weighted by Crippen LogP contribution is -1.98. The van der Waals surface area contributed by atoms with Gasteiger partial charge in [0.05, 0.1) is 17.2 Å². The fourth-order valence-electron chi connectivity index (χ4n) is 2.91. The summed E-state index contributed by atoms with van der Waals surface area (Å²) >= 11 is 1.59. The number of non-ortho nitro benzene ring substituents is 1. The molecule has 0 unspecified atom stereocenters. The highest BCUT2D eigenvalue weighted by molar-refractivity contribution is 8.15. The SMILES string of the molecule is CCOc1ccc2c3c(cccc13)SC2=NNc1ccc([N+](=O)[O-])cc1. The van der Waals surface area contributed by atoms with Crippen LogP contribution >= 0.6 is 11.8 Å². The molecule has 6 nitrogen and oxygen atoms in total. The fourth-order valence-corrected chi connectivity index (χ4v) is 3.95. The first-order valence-electron chi connectivity index (χ1n) is 8.12. The van der Waals surface area contributed by atoms with Gasteiger partial charge >= 0.3 is 0 Å². The van der Waals surface area contributed by atoms with Crippen LogP contribution in [0.25, 0.3) is 10.8 Å². The lowest BCUT2D eigenvalue weighted by molar-refractivity contribution is -0.384. The van der Waals surface area contributed by atoms with Gasteiger partial charge in [0, 0.05) is 33.4 Å². The maximum Gasteiger partial charge on any atom is 0.269 e. The third-order valence-electron chi connectivity index (χ3n) is 4.06. The number of hydrazone groups is 1. The van der Waals surface area contributed by atoms with Crippen molar-refractivity contribution in [1.82, 2.24) is 0 Å². The number of hydrogen-bond acceptors (Lipinski definition) is 6. The molecule has 0 amide bonds. The molecule has 0 bridgehead atoms. The van der Waals surface area contributed by atoms with Gasteiger partial charge in [0.1, 0.15) is 10.8 Å². The summed E-state index contributed by atoms with van der Waals surface area (Å²) in [6.07, 6.45) is 0. The number of nitrogens with zero attached hydrogens (tertiary/aromatic N) is 2. The fraction of sp³-hybridized carbons (Fsp3) is 0.105. The standard InChI is InChI=1S/C19H15N3O3S/c1-2-25-16-11-10-15-18-14(16)4-3-5-17(18)26-19(15)21-20-12-6-8-13(9-7-12)22(23)24/h3-11,20H,2H2,1H3. The average Bonchev–Trinajstić information content (AvgIpc) is 3.02. The summed E-state index contributed by atoms with van der Waals surface area (Å²) in [6, 6.07) is 16.3. The molecule has 3 aromatic carbocycles. The van der Waals surface area contributed by atoms with Crippen LogP contribution in [0.2, 0.25) is 0 Å². The summed E-state index contributed by atoms with van der Waals surface area (Å²) < 4.78 is 5.73. The zero-order valence-electron chi connectivity index (χ0n) is 13.9. The van der Waals surface area contributed by atoms with Gasteiger partial charge in [-0.1, -0.05) is 23.9 Å².